The molecule has 0 bridgehead atoms. The lowest BCUT2D eigenvalue weighted by Crippen LogP contribution is -2.45. The van der Waals surface area contributed by atoms with Crippen LogP contribution in [0.1, 0.15) is 36.1 Å². The van der Waals surface area contributed by atoms with Gasteiger partial charge < -0.3 is 10.1 Å². The Kier molecular flexibility index (Phi) is 5.92. The molecule has 4 nitrogen and oxygen atoms in total. The number of nitrogens with zero attached hydrogens (tertiary/aromatic N) is 1. The highest BCUT2D eigenvalue weighted by molar-refractivity contribution is 5.90. The molecule has 1 N–H and O–H groups in total. The first-order valence-electron chi connectivity index (χ1n) is 10.1. The molecule has 3 aromatic carbocycles. The summed E-state index contributed by atoms with van der Waals surface area (Å²) in [6.45, 7) is 3.16. The minimum atomic E-state index is -0.296. The number of carbonyl (C=O) groups is 1. The van der Waals surface area contributed by atoms with Crippen LogP contribution < -0.4 is 10.2 Å². The van der Waals surface area contributed by atoms with Crippen molar-refractivity contribution in [3.8, 4) is 0 Å². The molecule has 1 aliphatic heterocycles. The zero-order valence-electron chi connectivity index (χ0n) is 16.6. The van der Waals surface area contributed by atoms with E-state index in [0.29, 0.717) is 0 Å². The first-order valence-corrected chi connectivity index (χ1v) is 10.1. The fourth-order valence-electron chi connectivity index (χ4n) is 3.91. The van der Waals surface area contributed by atoms with E-state index in [-0.39, 0.29) is 24.8 Å². The van der Waals surface area contributed by atoms with E-state index in [1.165, 1.54) is 5.56 Å². The Morgan fingerprint density at radius 3 is 2.28 bits per heavy atom. The zero-order chi connectivity index (χ0) is 20.1. The summed E-state index contributed by atoms with van der Waals surface area (Å²) in [7, 11) is 0. The molecule has 1 amide bonds. The number of fused-ring (bicyclic) bond motifs is 1. The van der Waals surface area contributed by atoms with Crippen LogP contribution in [0, 0.1) is 0 Å². The lowest BCUT2D eigenvalue weighted by Gasteiger charge is -2.39. The van der Waals surface area contributed by atoms with Crippen LogP contribution in [0.25, 0.3) is 0 Å². The van der Waals surface area contributed by atoms with Gasteiger partial charge in [-0.15, -0.1) is 0 Å². The van der Waals surface area contributed by atoms with Crippen molar-refractivity contribution in [1.29, 1.82) is 0 Å². The van der Waals surface area contributed by atoms with Crippen molar-refractivity contribution in [2.24, 2.45) is 0 Å². The summed E-state index contributed by atoms with van der Waals surface area (Å²) in [5.41, 5.74) is 4.30. The van der Waals surface area contributed by atoms with Crippen LogP contribution in [0.15, 0.2) is 84.9 Å². The predicted octanol–water partition coefficient (Wildman–Crippen LogP) is 5.45. The number of benzene rings is 3. The minimum Gasteiger partial charge on any atom is -0.444 e. The Hall–Kier alpha value is -3.11. The van der Waals surface area contributed by atoms with Crippen molar-refractivity contribution >= 4 is 11.8 Å². The van der Waals surface area contributed by atoms with Crippen LogP contribution in [-0.4, -0.2) is 12.1 Å². The summed E-state index contributed by atoms with van der Waals surface area (Å²) >= 11 is 0. The van der Waals surface area contributed by atoms with E-state index < -0.39 is 0 Å². The second-order valence-electron chi connectivity index (χ2n) is 7.47. The number of rotatable bonds is 5. The zero-order valence-corrected chi connectivity index (χ0v) is 16.6. The van der Waals surface area contributed by atoms with E-state index >= 15 is 0 Å². The van der Waals surface area contributed by atoms with Gasteiger partial charge in [0.1, 0.15) is 6.61 Å². The third kappa shape index (κ3) is 4.49. The van der Waals surface area contributed by atoms with Gasteiger partial charge in [0.2, 0.25) is 0 Å². The normalized spacial score (nSPS) is 18.2. The third-order valence-corrected chi connectivity index (χ3v) is 5.39. The molecule has 0 aliphatic carbocycles. The molecule has 0 saturated heterocycles. The van der Waals surface area contributed by atoms with Crippen LogP contribution in [0.4, 0.5) is 10.5 Å². The Morgan fingerprint density at radius 2 is 1.55 bits per heavy atom. The van der Waals surface area contributed by atoms with E-state index in [2.05, 4.69) is 42.6 Å². The molecule has 29 heavy (non-hydrogen) atoms. The standard InChI is InChI=1S/C25H26N2O2/c1-19-16-23(26-17-20-10-4-2-5-11-20)22-14-8-9-15-24(22)27(19)25(28)29-18-21-12-6-3-7-13-21/h2-15,19,23,26H,16-18H2,1H3/t19-,23-/m0/s1. The van der Waals surface area contributed by atoms with Crippen molar-refractivity contribution in [3.05, 3.63) is 102 Å². The molecular weight excluding hydrogens is 360 g/mol. The van der Waals surface area contributed by atoms with Crippen molar-refractivity contribution in [3.63, 3.8) is 0 Å². The highest BCUT2D eigenvalue weighted by Crippen LogP contribution is 2.37. The number of para-hydroxylation sites is 1. The number of carbonyl (C=O) groups excluding carboxylic acids is 1. The Balaban J connectivity index is 1.49. The van der Waals surface area contributed by atoms with E-state index in [0.717, 1.165) is 29.8 Å². The average molecular weight is 386 g/mol. The topological polar surface area (TPSA) is 41.6 Å². The largest absolute Gasteiger partial charge is 0.444 e. The quantitative estimate of drug-likeness (QED) is 0.634. The molecule has 0 aromatic heterocycles. The van der Waals surface area contributed by atoms with E-state index in [9.17, 15) is 4.79 Å². The molecule has 0 spiro atoms. The van der Waals surface area contributed by atoms with Gasteiger partial charge in [0.15, 0.2) is 0 Å². The van der Waals surface area contributed by atoms with Gasteiger partial charge >= 0.3 is 6.09 Å². The molecule has 0 fully saturated rings. The van der Waals surface area contributed by atoms with E-state index in [4.69, 9.17) is 4.74 Å². The monoisotopic (exact) mass is 386 g/mol. The lowest BCUT2D eigenvalue weighted by atomic mass is 9.92. The van der Waals surface area contributed by atoms with Gasteiger partial charge in [0.25, 0.3) is 0 Å². The van der Waals surface area contributed by atoms with Gasteiger partial charge in [0, 0.05) is 18.6 Å². The summed E-state index contributed by atoms with van der Waals surface area (Å²) in [4.78, 5) is 14.7. The van der Waals surface area contributed by atoms with E-state index in [1.807, 2.05) is 54.6 Å². The van der Waals surface area contributed by atoms with Gasteiger partial charge in [0.05, 0.1) is 5.69 Å². The number of amides is 1. The highest BCUT2D eigenvalue weighted by Gasteiger charge is 2.34. The van der Waals surface area contributed by atoms with Gasteiger partial charge in [-0.1, -0.05) is 78.9 Å². The second kappa shape index (κ2) is 8.93. The molecule has 1 aliphatic rings. The molecular formula is C25H26N2O2. The summed E-state index contributed by atoms with van der Waals surface area (Å²) in [5, 5.41) is 3.66. The maximum atomic E-state index is 12.9. The molecule has 2 atom stereocenters. The lowest BCUT2D eigenvalue weighted by molar-refractivity contribution is 0.143. The second-order valence-corrected chi connectivity index (χ2v) is 7.47. The summed E-state index contributed by atoms with van der Waals surface area (Å²) in [6.07, 6.45) is 0.542. The van der Waals surface area contributed by atoms with Crippen LogP contribution >= 0.6 is 0 Å². The van der Waals surface area contributed by atoms with Crippen LogP contribution in [0.2, 0.25) is 0 Å². The van der Waals surface area contributed by atoms with Crippen molar-refractivity contribution in [2.75, 3.05) is 4.90 Å². The van der Waals surface area contributed by atoms with Crippen molar-refractivity contribution < 1.29 is 9.53 Å². The van der Waals surface area contributed by atoms with E-state index in [1.54, 1.807) is 4.90 Å². The molecule has 1 heterocycles. The summed E-state index contributed by atoms with van der Waals surface area (Å²) in [5.74, 6) is 0. The number of nitrogens with one attached hydrogen (secondary N) is 1. The molecule has 4 rings (SSSR count). The number of anilines is 1. The highest BCUT2D eigenvalue weighted by atomic mass is 16.6. The van der Waals surface area contributed by atoms with Crippen LogP contribution in [0.5, 0.6) is 0 Å². The molecule has 0 radical (unpaired) electrons. The smallest absolute Gasteiger partial charge is 0.414 e. The fourth-order valence-corrected chi connectivity index (χ4v) is 3.91. The molecule has 148 valence electrons. The molecule has 4 heteroatoms. The van der Waals surface area contributed by atoms with Gasteiger partial charge in [-0.25, -0.2) is 4.79 Å². The van der Waals surface area contributed by atoms with Crippen molar-refractivity contribution in [1.82, 2.24) is 5.32 Å². The van der Waals surface area contributed by atoms with Crippen LogP contribution in [-0.2, 0) is 17.9 Å². The average Bonchev–Trinajstić information content (AvgIpc) is 2.77. The summed E-state index contributed by atoms with van der Waals surface area (Å²) in [6, 6.07) is 28.5. The van der Waals surface area contributed by atoms with Gasteiger partial charge in [-0.05, 0) is 36.1 Å². The van der Waals surface area contributed by atoms with Gasteiger partial charge in [-0.3, -0.25) is 4.90 Å². The maximum Gasteiger partial charge on any atom is 0.414 e. The Bertz CT molecular complexity index is 943. The SMILES string of the molecule is C[C@H]1C[C@H](NCc2ccccc2)c2ccccc2N1C(=O)OCc1ccccc1. The number of ether oxygens (including phenoxy) is 1. The fraction of sp³-hybridized carbons (Fsp3) is 0.240. The number of hydrogen-bond acceptors (Lipinski definition) is 3. The first kappa shape index (κ1) is 19.2. The Labute approximate surface area is 172 Å². The Morgan fingerprint density at radius 1 is 0.931 bits per heavy atom. The van der Waals surface area contributed by atoms with Gasteiger partial charge in [-0.2, -0.15) is 0 Å². The molecule has 0 unspecified atom stereocenters. The molecule has 3 aromatic rings. The summed E-state index contributed by atoms with van der Waals surface area (Å²) < 4.78 is 5.63. The predicted molar refractivity (Wildman–Crippen MR) is 116 cm³/mol. The van der Waals surface area contributed by atoms with Crippen LogP contribution in [0.3, 0.4) is 0 Å². The minimum absolute atomic E-state index is 0.0430. The number of hydrogen-bond donors (Lipinski definition) is 1. The molecule has 0 saturated carbocycles. The van der Waals surface area contributed by atoms with Crippen molar-refractivity contribution in [2.45, 2.75) is 38.6 Å². The maximum absolute atomic E-state index is 12.9. The first-order chi connectivity index (χ1) is 14.2. The third-order valence-electron chi connectivity index (χ3n) is 5.39.